The van der Waals surface area contributed by atoms with Gasteiger partial charge < -0.3 is 10.6 Å². The predicted octanol–water partition coefficient (Wildman–Crippen LogP) is 3.84. The van der Waals surface area contributed by atoms with Crippen molar-refractivity contribution in [1.29, 1.82) is 0 Å². The number of hydrogen-bond donors (Lipinski definition) is 1. The van der Waals surface area contributed by atoms with Crippen LogP contribution in [0.5, 0.6) is 0 Å². The molecule has 3 rings (SSSR count). The van der Waals surface area contributed by atoms with E-state index >= 15 is 0 Å². The van der Waals surface area contributed by atoms with Crippen molar-refractivity contribution in [3.63, 3.8) is 0 Å². The first-order valence-electron chi connectivity index (χ1n) is 8.70. The molecule has 2 aromatic rings. The minimum absolute atomic E-state index is 0.640. The summed E-state index contributed by atoms with van der Waals surface area (Å²) in [5.41, 5.74) is 9.09. The number of nitrogens with zero attached hydrogens (tertiary/aromatic N) is 3. The molecule has 128 valence electrons. The van der Waals surface area contributed by atoms with Gasteiger partial charge in [0.15, 0.2) is 5.82 Å². The molecule has 0 radical (unpaired) electrons. The lowest BCUT2D eigenvalue weighted by Crippen LogP contribution is -2.37. The van der Waals surface area contributed by atoms with Crippen molar-refractivity contribution in [2.45, 2.75) is 33.1 Å². The molecule has 24 heavy (non-hydrogen) atoms. The number of anilines is 1. The fourth-order valence-corrected chi connectivity index (χ4v) is 3.58. The Hall–Kier alpha value is -1.65. The molecular weight excluding hydrogens is 320 g/mol. The number of piperidine rings is 1. The highest BCUT2D eigenvalue weighted by atomic mass is 35.5. The SMILES string of the molecule is CCc1c(C)nc(-c2cccc(Cl)c2)nc1N1CCC(CN)CC1. The number of aromatic nitrogens is 2. The highest BCUT2D eigenvalue weighted by molar-refractivity contribution is 6.30. The third-order valence-electron chi connectivity index (χ3n) is 4.88. The molecule has 1 aromatic carbocycles. The van der Waals surface area contributed by atoms with Gasteiger partial charge in [0, 0.05) is 34.9 Å². The molecule has 0 atom stereocenters. The molecule has 2 heterocycles. The summed E-state index contributed by atoms with van der Waals surface area (Å²) in [6, 6.07) is 7.75. The van der Waals surface area contributed by atoms with Crippen molar-refractivity contribution < 1.29 is 0 Å². The number of rotatable bonds is 4. The molecule has 2 N–H and O–H groups in total. The summed E-state index contributed by atoms with van der Waals surface area (Å²) in [5.74, 6) is 2.47. The summed E-state index contributed by atoms with van der Waals surface area (Å²) in [4.78, 5) is 12.0. The van der Waals surface area contributed by atoms with Gasteiger partial charge >= 0.3 is 0 Å². The summed E-state index contributed by atoms with van der Waals surface area (Å²) < 4.78 is 0. The normalized spacial score (nSPS) is 15.8. The van der Waals surface area contributed by atoms with E-state index in [0.29, 0.717) is 10.9 Å². The van der Waals surface area contributed by atoms with E-state index < -0.39 is 0 Å². The van der Waals surface area contributed by atoms with E-state index in [1.165, 1.54) is 5.56 Å². The Balaban J connectivity index is 1.98. The van der Waals surface area contributed by atoms with Gasteiger partial charge in [0.25, 0.3) is 0 Å². The quantitative estimate of drug-likeness (QED) is 0.915. The summed E-state index contributed by atoms with van der Waals surface area (Å²) in [6.07, 6.45) is 3.21. The average molecular weight is 345 g/mol. The first kappa shape index (κ1) is 17.2. The standard InChI is InChI=1S/C19H25ClN4/c1-3-17-13(2)22-18(15-5-4-6-16(20)11-15)23-19(17)24-9-7-14(12-21)8-10-24/h4-6,11,14H,3,7-10,12,21H2,1-2H3. The van der Waals surface area contributed by atoms with Crippen LogP contribution in [0.15, 0.2) is 24.3 Å². The van der Waals surface area contributed by atoms with Gasteiger partial charge in [-0.15, -0.1) is 0 Å². The van der Waals surface area contributed by atoms with Gasteiger partial charge in [-0.25, -0.2) is 9.97 Å². The third kappa shape index (κ3) is 3.55. The van der Waals surface area contributed by atoms with Crippen LogP contribution in [0.3, 0.4) is 0 Å². The molecule has 0 saturated carbocycles. The molecule has 1 aliphatic heterocycles. The van der Waals surface area contributed by atoms with Crippen molar-refractivity contribution in [2.24, 2.45) is 11.7 Å². The largest absolute Gasteiger partial charge is 0.356 e. The Morgan fingerprint density at radius 2 is 2.00 bits per heavy atom. The number of hydrogen-bond acceptors (Lipinski definition) is 4. The van der Waals surface area contributed by atoms with Gasteiger partial charge in [-0.2, -0.15) is 0 Å². The average Bonchev–Trinajstić information content (AvgIpc) is 2.61. The lowest BCUT2D eigenvalue weighted by atomic mass is 9.96. The van der Waals surface area contributed by atoms with E-state index in [1.54, 1.807) is 0 Å². The topological polar surface area (TPSA) is 55.0 Å². The monoisotopic (exact) mass is 344 g/mol. The number of halogens is 1. The molecule has 4 nitrogen and oxygen atoms in total. The summed E-state index contributed by atoms with van der Waals surface area (Å²) in [7, 11) is 0. The lowest BCUT2D eigenvalue weighted by Gasteiger charge is -2.33. The minimum atomic E-state index is 0.640. The van der Waals surface area contributed by atoms with Crippen molar-refractivity contribution in [3.05, 3.63) is 40.5 Å². The maximum atomic E-state index is 6.14. The first-order chi connectivity index (χ1) is 11.6. The summed E-state index contributed by atoms with van der Waals surface area (Å²) in [5, 5.41) is 0.707. The maximum absolute atomic E-state index is 6.14. The Morgan fingerprint density at radius 3 is 2.62 bits per heavy atom. The maximum Gasteiger partial charge on any atom is 0.161 e. The van der Waals surface area contributed by atoms with Crippen LogP contribution in [-0.4, -0.2) is 29.6 Å². The highest BCUT2D eigenvalue weighted by Gasteiger charge is 2.23. The zero-order valence-electron chi connectivity index (χ0n) is 14.4. The summed E-state index contributed by atoms with van der Waals surface area (Å²) in [6.45, 7) is 7.05. The van der Waals surface area contributed by atoms with Crippen LogP contribution >= 0.6 is 11.6 Å². The Bertz CT molecular complexity index is 709. The molecule has 0 spiro atoms. The molecule has 1 fully saturated rings. The van der Waals surface area contributed by atoms with Crippen LogP contribution in [0.25, 0.3) is 11.4 Å². The molecule has 0 aliphatic carbocycles. The smallest absolute Gasteiger partial charge is 0.161 e. The van der Waals surface area contributed by atoms with E-state index in [0.717, 1.165) is 61.8 Å². The second-order valence-corrected chi connectivity index (χ2v) is 6.90. The molecule has 1 aliphatic rings. The summed E-state index contributed by atoms with van der Waals surface area (Å²) >= 11 is 6.14. The Kier molecular flexibility index (Phi) is 5.36. The van der Waals surface area contributed by atoms with Gasteiger partial charge in [-0.05, 0) is 50.8 Å². The van der Waals surface area contributed by atoms with Crippen molar-refractivity contribution >= 4 is 17.4 Å². The van der Waals surface area contributed by atoms with E-state index in [2.05, 4.69) is 18.7 Å². The lowest BCUT2D eigenvalue weighted by molar-refractivity contribution is 0.412. The first-order valence-corrected chi connectivity index (χ1v) is 9.08. The van der Waals surface area contributed by atoms with E-state index in [9.17, 15) is 0 Å². The molecule has 0 amide bonds. The molecule has 0 bridgehead atoms. The molecule has 5 heteroatoms. The number of aryl methyl sites for hydroxylation is 1. The zero-order valence-corrected chi connectivity index (χ0v) is 15.2. The van der Waals surface area contributed by atoms with Crippen molar-refractivity contribution in [2.75, 3.05) is 24.5 Å². The third-order valence-corrected chi connectivity index (χ3v) is 5.11. The number of benzene rings is 1. The van der Waals surface area contributed by atoms with E-state index in [1.807, 2.05) is 24.3 Å². The second-order valence-electron chi connectivity index (χ2n) is 6.46. The molecule has 1 aromatic heterocycles. The van der Waals surface area contributed by atoms with Gasteiger partial charge in [0.05, 0.1) is 0 Å². The Morgan fingerprint density at radius 1 is 1.25 bits per heavy atom. The Labute approximate surface area is 149 Å². The zero-order chi connectivity index (χ0) is 17.1. The van der Waals surface area contributed by atoms with Crippen LogP contribution in [-0.2, 0) is 6.42 Å². The van der Waals surface area contributed by atoms with Crippen molar-refractivity contribution in [3.8, 4) is 11.4 Å². The van der Waals surface area contributed by atoms with Gasteiger partial charge in [0.2, 0.25) is 0 Å². The number of nitrogens with two attached hydrogens (primary N) is 1. The minimum Gasteiger partial charge on any atom is -0.356 e. The van der Waals surface area contributed by atoms with Crippen LogP contribution in [0.2, 0.25) is 5.02 Å². The highest BCUT2D eigenvalue weighted by Crippen LogP contribution is 2.29. The van der Waals surface area contributed by atoms with Crippen LogP contribution < -0.4 is 10.6 Å². The fraction of sp³-hybridized carbons (Fsp3) is 0.474. The van der Waals surface area contributed by atoms with Crippen molar-refractivity contribution in [1.82, 2.24) is 9.97 Å². The van der Waals surface area contributed by atoms with Crippen LogP contribution in [0.1, 0.15) is 31.0 Å². The van der Waals surface area contributed by atoms with E-state index in [-0.39, 0.29) is 0 Å². The second kappa shape index (κ2) is 7.49. The molecule has 1 saturated heterocycles. The van der Waals surface area contributed by atoms with Gasteiger partial charge in [0.1, 0.15) is 5.82 Å². The molecular formula is C19H25ClN4. The van der Waals surface area contributed by atoms with Crippen LogP contribution in [0, 0.1) is 12.8 Å². The van der Waals surface area contributed by atoms with Gasteiger partial charge in [-0.3, -0.25) is 0 Å². The van der Waals surface area contributed by atoms with E-state index in [4.69, 9.17) is 27.3 Å². The predicted molar refractivity (Wildman–Crippen MR) is 101 cm³/mol. The molecule has 0 unspecified atom stereocenters. The van der Waals surface area contributed by atoms with Crippen LogP contribution in [0.4, 0.5) is 5.82 Å². The van der Waals surface area contributed by atoms with Gasteiger partial charge in [-0.1, -0.05) is 30.7 Å². The fourth-order valence-electron chi connectivity index (χ4n) is 3.39.